The topological polar surface area (TPSA) is 12.9 Å². The molecule has 1 rings (SSSR count). The Morgan fingerprint density at radius 1 is 1.20 bits per heavy atom. The van der Waals surface area contributed by atoms with E-state index in [9.17, 15) is 0 Å². The highest BCUT2D eigenvalue weighted by molar-refractivity contribution is 7.09. The lowest BCUT2D eigenvalue weighted by Crippen LogP contribution is -1.88. The van der Waals surface area contributed by atoms with Crippen molar-refractivity contribution in [3.63, 3.8) is 0 Å². The Morgan fingerprint density at radius 2 is 2.07 bits per heavy atom. The van der Waals surface area contributed by atoms with Gasteiger partial charge in [0, 0.05) is 5.38 Å². The highest BCUT2D eigenvalue weighted by Gasteiger charge is 2.01. The van der Waals surface area contributed by atoms with Crippen LogP contribution in [0.5, 0.6) is 0 Å². The summed E-state index contributed by atoms with van der Waals surface area (Å²) < 4.78 is 0. The van der Waals surface area contributed by atoms with Gasteiger partial charge >= 0.3 is 0 Å². The minimum atomic E-state index is 1.07. The maximum atomic E-state index is 4.65. The summed E-state index contributed by atoms with van der Waals surface area (Å²) in [4.78, 5) is 4.65. The zero-order valence-corrected chi connectivity index (χ0v) is 10.6. The summed E-state index contributed by atoms with van der Waals surface area (Å²) in [5, 5.41) is 3.55. The second kappa shape index (κ2) is 7.86. The number of hydrogen-bond acceptors (Lipinski definition) is 2. The van der Waals surface area contributed by atoms with Gasteiger partial charge in [0.05, 0.1) is 10.7 Å². The molecule has 0 aliphatic heterocycles. The fourth-order valence-electron chi connectivity index (χ4n) is 1.57. The van der Waals surface area contributed by atoms with E-state index >= 15 is 0 Å². The van der Waals surface area contributed by atoms with Gasteiger partial charge in [0.25, 0.3) is 0 Å². The molecular weight excluding hydrogens is 202 g/mol. The molecule has 15 heavy (non-hydrogen) atoms. The van der Waals surface area contributed by atoms with Crippen LogP contribution in [0.3, 0.4) is 0 Å². The van der Waals surface area contributed by atoms with E-state index in [0.717, 1.165) is 12.8 Å². The van der Waals surface area contributed by atoms with E-state index in [0.29, 0.717) is 0 Å². The van der Waals surface area contributed by atoms with Crippen LogP contribution in [0.1, 0.15) is 56.2 Å². The van der Waals surface area contributed by atoms with E-state index in [4.69, 9.17) is 0 Å². The number of rotatable bonds is 8. The Balaban J connectivity index is 2.20. The van der Waals surface area contributed by atoms with Crippen molar-refractivity contribution in [2.45, 2.75) is 58.3 Å². The van der Waals surface area contributed by atoms with Gasteiger partial charge in [0.2, 0.25) is 0 Å². The predicted molar refractivity (Wildman–Crippen MR) is 68.3 cm³/mol. The lowest BCUT2D eigenvalue weighted by Gasteiger charge is -1.96. The third kappa shape index (κ3) is 5.31. The largest absolute Gasteiger partial charge is 0.246 e. The van der Waals surface area contributed by atoms with E-state index in [-0.39, 0.29) is 0 Å². The van der Waals surface area contributed by atoms with E-state index in [1.807, 2.05) is 11.3 Å². The van der Waals surface area contributed by atoms with E-state index in [1.54, 1.807) is 0 Å². The van der Waals surface area contributed by atoms with Crippen LogP contribution >= 0.6 is 11.3 Å². The van der Waals surface area contributed by atoms with E-state index < -0.39 is 0 Å². The molecule has 0 aromatic carbocycles. The standard InChI is InChI=1S/C13H22NS/c1-3-5-7-8-9-12-11-15-13(14-12)10-6-4-2/h11H,1,3-10H2,2H3. The van der Waals surface area contributed by atoms with Gasteiger partial charge < -0.3 is 0 Å². The highest BCUT2D eigenvalue weighted by Crippen LogP contribution is 2.15. The summed E-state index contributed by atoms with van der Waals surface area (Å²) in [6, 6.07) is 0. The Labute approximate surface area is 97.9 Å². The number of aryl methyl sites for hydroxylation is 2. The van der Waals surface area contributed by atoms with Gasteiger partial charge in [0.1, 0.15) is 0 Å². The molecule has 0 N–H and O–H groups in total. The Bertz CT molecular complexity index is 255. The normalized spacial score (nSPS) is 10.8. The molecule has 2 heteroatoms. The smallest absolute Gasteiger partial charge is 0.0928 e. The number of unbranched alkanes of at least 4 members (excludes halogenated alkanes) is 4. The van der Waals surface area contributed by atoms with Gasteiger partial charge in [-0.3, -0.25) is 0 Å². The maximum Gasteiger partial charge on any atom is 0.0928 e. The summed E-state index contributed by atoms with van der Waals surface area (Å²) in [7, 11) is 0. The minimum Gasteiger partial charge on any atom is -0.246 e. The number of nitrogens with zero attached hydrogens (tertiary/aromatic N) is 1. The maximum absolute atomic E-state index is 4.65. The SMILES string of the molecule is [CH2]CCCCCc1csc(CCCC)n1. The molecule has 0 saturated heterocycles. The van der Waals surface area contributed by atoms with Crippen LogP contribution in [0.4, 0.5) is 0 Å². The van der Waals surface area contributed by atoms with Gasteiger partial charge in [-0.2, -0.15) is 0 Å². The van der Waals surface area contributed by atoms with Crippen molar-refractivity contribution in [2.75, 3.05) is 0 Å². The lowest BCUT2D eigenvalue weighted by molar-refractivity contribution is 0.678. The van der Waals surface area contributed by atoms with Crippen LogP contribution in [-0.4, -0.2) is 4.98 Å². The Morgan fingerprint density at radius 3 is 2.80 bits per heavy atom. The van der Waals surface area contributed by atoms with Crippen LogP contribution < -0.4 is 0 Å². The number of aromatic nitrogens is 1. The average Bonchev–Trinajstić information content (AvgIpc) is 2.69. The van der Waals surface area contributed by atoms with E-state index in [1.165, 1.54) is 49.2 Å². The highest BCUT2D eigenvalue weighted by atomic mass is 32.1. The Kier molecular flexibility index (Phi) is 6.66. The molecule has 1 aromatic rings. The third-order valence-corrected chi connectivity index (χ3v) is 3.48. The molecule has 0 unspecified atom stereocenters. The first-order valence-electron chi connectivity index (χ1n) is 6.09. The second-order valence-electron chi connectivity index (χ2n) is 4.00. The molecule has 0 aliphatic carbocycles. The molecule has 0 saturated carbocycles. The minimum absolute atomic E-state index is 1.07. The van der Waals surface area contributed by atoms with Crippen molar-refractivity contribution in [3.05, 3.63) is 23.0 Å². The molecule has 1 radical (unpaired) electrons. The first kappa shape index (κ1) is 12.7. The van der Waals surface area contributed by atoms with Crippen molar-refractivity contribution in [1.29, 1.82) is 0 Å². The van der Waals surface area contributed by atoms with Crippen molar-refractivity contribution in [1.82, 2.24) is 4.98 Å². The lowest BCUT2D eigenvalue weighted by atomic mass is 10.1. The molecular formula is C13H22NS. The molecule has 1 heterocycles. The molecule has 1 nitrogen and oxygen atoms in total. The van der Waals surface area contributed by atoms with Gasteiger partial charge in [-0.1, -0.05) is 39.5 Å². The summed E-state index contributed by atoms with van der Waals surface area (Å²) in [6.07, 6.45) is 9.75. The van der Waals surface area contributed by atoms with Crippen LogP contribution in [-0.2, 0) is 12.8 Å². The number of hydrogen-bond donors (Lipinski definition) is 0. The molecule has 85 valence electrons. The molecule has 0 atom stereocenters. The molecule has 0 amide bonds. The van der Waals surface area contributed by atoms with Crippen LogP contribution in [0.25, 0.3) is 0 Å². The summed E-state index contributed by atoms with van der Waals surface area (Å²) in [5.41, 5.74) is 1.30. The molecule has 0 spiro atoms. The monoisotopic (exact) mass is 224 g/mol. The zero-order chi connectivity index (χ0) is 10.9. The van der Waals surface area contributed by atoms with E-state index in [2.05, 4.69) is 24.2 Å². The summed E-state index contributed by atoms with van der Waals surface area (Å²) in [5.74, 6) is 0. The van der Waals surface area contributed by atoms with Gasteiger partial charge in [-0.25, -0.2) is 4.98 Å². The molecule has 1 aromatic heterocycles. The van der Waals surface area contributed by atoms with Gasteiger partial charge in [-0.05, 0) is 25.7 Å². The quantitative estimate of drug-likeness (QED) is 0.596. The number of thiazole rings is 1. The van der Waals surface area contributed by atoms with Gasteiger partial charge in [-0.15, -0.1) is 11.3 Å². The Hall–Kier alpha value is -0.370. The predicted octanol–water partition coefficient (Wildman–Crippen LogP) is 4.42. The summed E-state index contributed by atoms with van der Waals surface area (Å²) in [6.45, 7) is 6.08. The fraction of sp³-hybridized carbons (Fsp3) is 0.692. The fourth-order valence-corrected chi connectivity index (χ4v) is 2.44. The van der Waals surface area contributed by atoms with Crippen LogP contribution in [0.15, 0.2) is 5.38 Å². The molecule has 0 fully saturated rings. The third-order valence-electron chi connectivity index (χ3n) is 2.53. The molecule has 0 bridgehead atoms. The first-order chi connectivity index (χ1) is 7.36. The van der Waals surface area contributed by atoms with Crippen molar-refractivity contribution < 1.29 is 0 Å². The molecule has 0 aliphatic rings. The first-order valence-corrected chi connectivity index (χ1v) is 6.97. The van der Waals surface area contributed by atoms with Crippen molar-refractivity contribution in [3.8, 4) is 0 Å². The van der Waals surface area contributed by atoms with Crippen molar-refractivity contribution in [2.24, 2.45) is 0 Å². The zero-order valence-electron chi connectivity index (χ0n) is 9.80. The van der Waals surface area contributed by atoms with Crippen molar-refractivity contribution >= 4 is 11.3 Å². The van der Waals surface area contributed by atoms with Crippen LogP contribution in [0, 0.1) is 6.92 Å². The second-order valence-corrected chi connectivity index (χ2v) is 4.94. The van der Waals surface area contributed by atoms with Gasteiger partial charge in [0.15, 0.2) is 0 Å². The average molecular weight is 224 g/mol. The van der Waals surface area contributed by atoms with Crippen LogP contribution in [0.2, 0.25) is 0 Å². The summed E-state index contributed by atoms with van der Waals surface area (Å²) >= 11 is 1.83.